The zero-order valence-corrected chi connectivity index (χ0v) is 27.6. The lowest BCUT2D eigenvalue weighted by Gasteiger charge is -2.39. The van der Waals surface area contributed by atoms with E-state index < -0.39 is 17.7 Å². The molecular weight excluding hydrogens is 604 g/mol. The molecule has 10 nitrogen and oxygen atoms in total. The second-order valence-electron chi connectivity index (χ2n) is 13.4. The molecule has 11 heteroatoms. The van der Waals surface area contributed by atoms with Crippen molar-refractivity contribution in [3.63, 3.8) is 0 Å². The van der Waals surface area contributed by atoms with Gasteiger partial charge in [0.25, 0.3) is 0 Å². The molecule has 0 radical (unpaired) electrons. The highest BCUT2D eigenvalue weighted by atomic mass is 35.5. The number of alkyl carbamates (subject to hydrolysis) is 1. The van der Waals surface area contributed by atoms with Crippen molar-refractivity contribution in [2.75, 3.05) is 39.8 Å². The van der Waals surface area contributed by atoms with Crippen molar-refractivity contribution in [1.82, 2.24) is 25.0 Å². The van der Waals surface area contributed by atoms with Gasteiger partial charge in [-0.1, -0.05) is 37.2 Å². The van der Waals surface area contributed by atoms with Gasteiger partial charge in [-0.2, -0.15) is 0 Å². The molecule has 6 rings (SSSR count). The van der Waals surface area contributed by atoms with E-state index in [9.17, 15) is 9.59 Å². The first-order valence-electron chi connectivity index (χ1n) is 15.9. The van der Waals surface area contributed by atoms with Crippen LogP contribution in [0.2, 0.25) is 5.02 Å². The monoisotopic (exact) mass is 646 g/mol. The molecule has 2 heterocycles. The number of carbonyl (C=O) groups is 2. The van der Waals surface area contributed by atoms with Gasteiger partial charge in [0.1, 0.15) is 5.60 Å². The van der Waals surface area contributed by atoms with Crippen LogP contribution in [0.4, 0.5) is 9.59 Å². The summed E-state index contributed by atoms with van der Waals surface area (Å²) in [6.07, 6.45) is 10.0. The van der Waals surface area contributed by atoms with Gasteiger partial charge in [-0.25, -0.2) is 9.59 Å². The van der Waals surface area contributed by atoms with Crippen LogP contribution < -0.4 is 11.1 Å². The Kier molecular flexibility index (Phi) is 8.78. The van der Waals surface area contributed by atoms with Crippen LogP contribution in [0.5, 0.6) is 0 Å². The van der Waals surface area contributed by atoms with Crippen molar-refractivity contribution in [2.24, 2.45) is 11.1 Å². The molecule has 4 aliphatic rings. The molecule has 3 aliphatic carbocycles. The van der Waals surface area contributed by atoms with E-state index >= 15 is 0 Å². The number of halogens is 1. The van der Waals surface area contributed by atoms with Crippen LogP contribution in [0.3, 0.4) is 0 Å². The highest BCUT2D eigenvalue weighted by molar-refractivity contribution is 6.30. The van der Waals surface area contributed by atoms with Crippen LogP contribution in [0.15, 0.2) is 61.2 Å². The second kappa shape index (κ2) is 12.6. The Morgan fingerprint density at radius 1 is 1.20 bits per heavy atom. The smallest absolute Gasteiger partial charge is 0.409 e. The van der Waals surface area contributed by atoms with E-state index in [0.29, 0.717) is 43.5 Å². The molecule has 244 valence electrons. The molecule has 1 saturated heterocycles. The topological polar surface area (TPSA) is 113 Å². The van der Waals surface area contributed by atoms with Gasteiger partial charge in [0.2, 0.25) is 0 Å². The Labute approximate surface area is 275 Å². The van der Waals surface area contributed by atoms with E-state index in [4.69, 9.17) is 31.8 Å². The number of nitrogens with zero attached hydrogens (tertiary/aromatic N) is 4. The number of hydrogen-bond donors (Lipinski definition) is 2. The number of rotatable bonds is 9. The van der Waals surface area contributed by atoms with E-state index in [2.05, 4.69) is 23.7 Å². The normalized spacial score (nSPS) is 21.8. The summed E-state index contributed by atoms with van der Waals surface area (Å²) >= 11 is 6.68. The minimum atomic E-state index is -0.702. The van der Waals surface area contributed by atoms with E-state index in [1.165, 1.54) is 6.20 Å². The molecule has 46 heavy (non-hydrogen) atoms. The summed E-state index contributed by atoms with van der Waals surface area (Å²) in [5, 5.41) is 3.66. The molecule has 0 bridgehead atoms. The van der Waals surface area contributed by atoms with Crippen molar-refractivity contribution < 1.29 is 19.1 Å². The highest BCUT2D eigenvalue weighted by Gasteiger charge is 2.43. The van der Waals surface area contributed by atoms with E-state index in [-0.39, 0.29) is 17.6 Å². The summed E-state index contributed by atoms with van der Waals surface area (Å²) in [6.45, 7) is 10.8. The van der Waals surface area contributed by atoms with Crippen molar-refractivity contribution in [2.45, 2.75) is 57.2 Å². The molecule has 2 atom stereocenters. The van der Waals surface area contributed by atoms with Gasteiger partial charge >= 0.3 is 12.2 Å². The zero-order chi connectivity index (χ0) is 32.6. The number of aromatic nitrogens is 1. The molecule has 3 fully saturated rings. The molecule has 1 aliphatic heterocycles. The summed E-state index contributed by atoms with van der Waals surface area (Å²) in [5.41, 5.74) is 10.9. The molecule has 1 aromatic heterocycles. The first kappa shape index (κ1) is 31.9. The summed E-state index contributed by atoms with van der Waals surface area (Å²) in [7, 11) is 1.83. The third kappa shape index (κ3) is 6.73. The van der Waals surface area contributed by atoms with Crippen molar-refractivity contribution in [3.8, 4) is 0 Å². The molecule has 2 aromatic rings. The minimum Gasteiger partial charge on any atom is -0.449 e. The average Bonchev–Trinajstić information content (AvgIpc) is 3.98. The van der Waals surface area contributed by atoms with Gasteiger partial charge in [-0.15, -0.1) is 0 Å². The van der Waals surface area contributed by atoms with Gasteiger partial charge in [-0.05, 0) is 85.3 Å². The fraction of sp³-hybridized carbons (Fsp3) is 0.457. The van der Waals surface area contributed by atoms with Crippen LogP contribution >= 0.6 is 11.6 Å². The standard InChI is InChI=1S/C35H43ClN6O4/c1-5-40(4)28(21-37)30(39-32(43)46-35(3)12-13-35)27-19-23-7-6-14-38-29(23)31(25-9-8-24(36)20-26(25)27)41-15-17-42(18-16-41)33(44)45-22-34(2)10-11-34/h5-9,14,19-21,30-31H,1,10-13,15-18,22,37H2,2-4H3,(H,39,43)/b28-21-/t30-,31+/m1/s1. The summed E-state index contributed by atoms with van der Waals surface area (Å²) in [6, 6.07) is 8.83. The lowest BCUT2D eigenvalue weighted by molar-refractivity contribution is 0.0580. The van der Waals surface area contributed by atoms with Gasteiger partial charge in [0, 0.05) is 56.1 Å². The van der Waals surface area contributed by atoms with Crippen LogP contribution in [-0.2, 0) is 9.47 Å². The predicted molar refractivity (Wildman–Crippen MR) is 179 cm³/mol. The van der Waals surface area contributed by atoms with Crippen molar-refractivity contribution in [1.29, 1.82) is 0 Å². The van der Waals surface area contributed by atoms with Gasteiger partial charge in [0.05, 0.1) is 30.1 Å². The van der Waals surface area contributed by atoms with Crippen LogP contribution in [0.25, 0.3) is 11.6 Å². The SMILES string of the molecule is C=CN(C)/C(=C\N)[C@H](NC(=O)OC1(C)CC1)C1=Cc2cccnc2[C@@H](N2CCN(C(=O)OCC3(C)CC3)CC2)c2ccc(Cl)cc21. The van der Waals surface area contributed by atoms with E-state index in [1.807, 2.05) is 50.4 Å². The molecule has 2 saturated carbocycles. The number of benzene rings is 1. The first-order chi connectivity index (χ1) is 22.0. The molecule has 2 amide bonds. The number of amides is 2. The number of piperazine rings is 1. The highest BCUT2D eigenvalue weighted by Crippen LogP contribution is 2.45. The third-order valence-electron chi connectivity index (χ3n) is 9.66. The molecule has 3 N–H and O–H groups in total. The average molecular weight is 647 g/mol. The van der Waals surface area contributed by atoms with E-state index in [1.54, 1.807) is 22.2 Å². The molecule has 0 unspecified atom stereocenters. The summed E-state index contributed by atoms with van der Waals surface area (Å²) < 4.78 is 11.5. The lowest BCUT2D eigenvalue weighted by Crippen LogP contribution is -2.50. The maximum Gasteiger partial charge on any atom is 0.409 e. The number of fused-ring (bicyclic) bond motifs is 2. The summed E-state index contributed by atoms with van der Waals surface area (Å²) in [4.78, 5) is 37.0. The zero-order valence-electron chi connectivity index (χ0n) is 26.8. The predicted octanol–water partition coefficient (Wildman–Crippen LogP) is 5.76. The number of carbonyl (C=O) groups excluding carboxylic acids is 2. The number of likely N-dealkylation sites (N-methyl/N-ethyl adjacent to an activating group) is 1. The summed E-state index contributed by atoms with van der Waals surface area (Å²) in [5.74, 6) is 0. The van der Waals surface area contributed by atoms with Gasteiger partial charge in [0.15, 0.2) is 0 Å². The largest absolute Gasteiger partial charge is 0.449 e. The van der Waals surface area contributed by atoms with Crippen molar-refractivity contribution >= 4 is 35.4 Å². The maximum absolute atomic E-state index is 13.3. The fourth-order valence-corrected chi connectivity index (χ4v) is 6.30. The quantitative estimate of drug-likeness (QED) is 0.354. The Hall–Kier alpha value is -4.02. The van der Waals surface area contributed by atoms with Crippen LogP contribution in [0, 0.1) is 5.41 Å². The number of nitrogens with one attached hydrogen (secondary N) is 1. The Morgan fingerprint density at radius 3 is 2.59 bits per heavy atom. The van der Waals surface area contributed by atoms with Crippen LogP contribution in [0.1, 0.15) is 68.0 Å². The fourth-order valence-electron chi connectivity index (χ4n) is 6.13. The van der Waals surface area contributed by atoms with E-state index in [0.717, 1.165) is 53.6 Å². The molecule has 0 spiro atoms. The van der Waals surface area contributed by atoms with Gasteiger partial charge in [-0.3, -0.25) is 9.88 Å². The Bertz CT molecular complexity index is 1570. The number of hydrogen-bond acceptors (Lipinski definition) is 8. The van der Waals surface area contributed by atoms with Gasteiger partial charge < -0.3 is 30.3 Å². The Morgan fingerprint density at radius 2 is 1.93 bits per heavy atom. The third-order valence-corrected chi connectivity index (χ3v) is 9.90. The molecule has 1 aromatic carbocycles. The lowest BCUT2D eigenvalue weighted by atomic mass is 9.89. The number of pyridine rings is 1. The maximum atomic E-state index is 13.3. The molecular formula is C35H43ClN6O4. The van der Waals surface area contributed by atoms with Crippen LogP contribution in [-0.4, -0.2) is 83.3 Å². The number of nitrogens with two attached hydrogens (primary N) is 1. The minimum absolute atomic E-state index is 0.141. The number of ether oxygens (including phenoxy) is 2. The van der Waals surface area contributed by atoms with Crippen molar-refractivity contribution in [3.05, 3.63) is 88.6 Å². The first-order valence-corrected chi connectivity index (χ1v) is 16.3. The Balaban J connectivity index is 1.36. The second-order valence-corrected chi connectivity index (χ2v) is 13.8.